The molecule has 1 aromatic carbocycles. The van der Waals surface area contributed by atoms with E-state index in [1.807, 2.05) is 11.0 Å². The van der Waals surface area contributed by atoms with Crippen LogP contribution in [0.2, 0.25) is 0 Å². The Hall–Kier alpha value is -3.08. The number of alkyl halides is 3. The lowest BCUT2D eigenvalue weighted by molar-refractivity contribution is -0.138. The number of likely N-dealkylation sites (tertiary alicyclic amines) is 2. The summed E-state index contributed by atoms with van der Waals surface area (Å²) in [5.74, 6) is 0.265. The third-order valence-corrected chi connectivity index (χ3v) is 7.72. The van der Waals surface area contributed by atoms with Crippen LogP contribution in [0.3, 0.4) is 0 Å². The summed E-state index contributed by atoms with van der Waals surface area (Å²) < 4.78 is 43.0. The third-order valence-electron chi connectivity index (χ3n) is 7.72. The van der Waals surface area contributed by atoms with Gasteiger partial charge in [0.05, 0.1) is 23.6 Å². The van der Waals surface area contributed by atoms with Gasteiger partial charge in [-0.2, -0.15) is 23.0 Å². The summed E-state index contributed by atoms with van der Waals surface area (Å²) in [6.07, 6.45) is 0.634. The minimum atomic E-state index is -4.40. The summed E-state index contributed by atoms with van der Waals surface area (Å²) in [6, 6.07) is 4.50. The number of halogens is 3. The fourth-order valence-corrected chi connectivity index (χ4v) is 5.67. The molecule has 2 atom stereocenters. The summed E-state index contributed by atoms with van der Waals surface area (Å²) >= 11 is 0. The number of fused-ring (bicyclic) bond motifs is 1. The van der Waals surface area contributed by atoms with Crippen LogP contribution in [0.4, 0.5) is 29.3 Å². The Morgan fingerprint density at radius 1 is 1.08 bits per heavy atom. The van der Waals surface area contributed by atoms with Gasteiger partial charge in [0.15, 0.2) is 0 Å². The molecule has 2 aromatic rings. The molecule has 3 aliphatic rings. The highest BCUT2D eigenvalue weighted by Gasteiger charge is 2.43. The van der Waals surface area contributed by atoms with Crippen LogP contribution in [0, 0.1) is 11.8 Å². The van der Waals surface area contributed by atoms with Gasteiger partial charge in [-0.1, -0.05) is 6.07 Å². The molecule has 3 aliphatic heterocycles. The van der Waals surface area contributed by atoms with Crippen molar-refractivity contribution in [3.05, 3.63) is 41.7 Å². The SMILES string of the molecule is CC(=O)N(C)c1cnn(C(=O)N2CC3CN(Cc4ccc(N5CCCC5)cc4C(F)(F)F)CC3C2)c1. The standard InChI is InChI=1S/C25H31F3N6O2/c1-17(35)30(2)22-10-29-34(16-22)24(36)33-14-19-12-31(13-20(19)15-33)11-18-5-6-21(32-7-3-4-8-32)9-23(18)25(26,27)28/h5-6,9-10,16,19-20H,3-4,7-8,11-15H2,1-2H3. The van der Waals surface area contributed by atoms with Crippen molar-refractivity contribution >= 4 is 23.3 Å². The molecule has 194 valence electrons. The molecule has 36 heavy (non-hydrogen) atoms. The second-order valence-electron chi connectivity index (χ2n) is 10.2. The molecule has 0 N–H and O–H groups in total. The molecule has 5 rings (SSSR count). The van der Waals surface area contributed by atoms with E-state index in [4.69, 9.17) is 0 Å². The van der Waals surface area contributed by atoms with E-state index in [9.17, 15) is 22.8 Å². The van der Waals surface area contributed by atoms with Crippen molar-refractivity contribution in [1.82, 2.24) is 19.6 Å². The number of nitrogens with zero attached hydrogens (tertiary/aromatic N) is 6. The van der Waals surface area contributed by atoms with E-state index in [0.29, 0.717) is 43.1 Å². The van der Waals surface area contributed by atoms with Crippen molar-refractivity contribution in [2.75, 3.05) is 56.1 Å². The Morgan fingerprint density at radius 2 is 1.75 bits per heavy atom. The first-order chi connectivity index (χ1) is 17.1. The van der Waals surface area contributed by atoms with E-state index < -0.39 is 11.7 Å². The van der Waals surface area contributed by atoms with Gasteiger partial charge in [0.1, 0.15) is 0 Å². The van der Waals surface area contributed by atoms with Crippen LogP contribution in [0.15, 0.2) is 30.6 Å². The summed E-state index contributed by atoms with van der Waals surface area (Å²) in [4.78, 5) is 31.7. The zero-order valence-corrected chi connectivity index (χ0v) is 20.5. The Kier molecular flexibility index (Phi) is 6.44. The molecule has 0 bridgehead atoms. The maximum Gasteiger partial charge on any atom is 0.416 e. The van der Waals surface area contributed by atoms with Gasteiger partial charge in [-0.05, 0) is 42.4 Å². The second-order valence-corrected chi connectivity index (χ2v) is 10.2. The van der Waals surface area contributed by atoms with E-state index in [1.54, 1.807) is 18.0 Å². The Labute approximate surface area is 208 Å². The molecule has 2 unspecified atom stereocenters. The summed E-state index contributed by atoms with van der Waals surface area (Å²) in [5.41, 5.74) is 0.938. The number of amides is 2. The third kappa shape index (κ3) is 4.80. The number of benzene rings is 1. The number of anilines is 2. The first kappa shape index (κ1) is 24.6. The quantitative estimate of drug-likeness (QED) is 0.638. The fraction of sp³-hybridized carbons (Fsp3) is 0.560. The van der Waals surface area contributed by atoms with Crippen molar-refractivity contribution in [1.29, 1.82) is 0 Å². The molecule has 0 radical (unpaired) electrons. The number of hydrogen-bond acceptors (Lipinski definition) is 5. The van der Waals surface area contributed by atoms with Crippen LogP contribution in [0.5, 0.6) is 0 Å². The van der Waals surface area contributed by atoms with Crippen LogP contribution in [-0.2, 0) is 17.5 Å². The Bertz CT molecular complexity index is 1130. The largest absolute Gasteiger partial charge is 0.416 e. The lowest BCUT2D eigenvalue weighted by atomic mass is 10.0. The van der Waals surface area contributed by atoms with Gasteiger partial charge in [-0.3, -0.25) is 9.69 Å². The maximum absolute atomic E-state index is 13.9. The van der Waals surface area contributed by atoms with Crippen molar-refractivity contribution in [2.24, 2.45) is 11.8 Å². The van der Waals surface area contributed by atoms with Crippen molar-refractivity contribution in [2.45, 2.75) is 32.5 Å². The number of aromatic nitrogens is 2. The number of carbonyl (C=O) groups is 2. The molecule has 4 heterocycles. The van der Waals surface area contributed by atoms with Gasteiger partial charge in [0.2, 0.25) is 5.91 Å². The average molecular weight is 505 g/mol. The zero-order chi connectivity index (χ0) is 25.6. The topological polar surface area (TPSA) is 64.9 Å². The van der Waals surface area contributed by atoms with Crippen molar-refractivity contribution in [3.63, 3.8) is 0 Å². The van der Waals surface area contributed by atoms with Crippen LogP contribution in [0.25, 0.3) is 0 Å². The molecule has 3 saturated heterocycles. The van der Waals surface area contributed by atoms with E-state index >= 15 is 0 Å². The predicted molar refractivity (Wildman–Crippen MR) is 129 cm³/mol. The molecular formula is C25H31F3N6O2. The number of carbonyl (C=O) groups excluding carboxylic acids is 2. The molecule has 0 aliphatic carbocycles. The minimum absolute atomic E-state index is 0.155. The highest BCUT2D eigenvalue weighted by Crippen LogP contribution is 2.38. The monoisotopic (exact) mass is 504 g/mol. The van der Waals surface area contributed by atoms with Crippen LogP contribution >= 0.6 is 0 Å². The second kappa shape index (κ2) is 9.42. The first-order valence-electron chi connectivity index (χ1n) is 12.4. The normalized spacial score (nSPS) is 22.4. The van der Waals surface area contributed by atoms with Crippen LogP contribution in [0.1, 0.15) is 30.9 Å². The van der Waals surface area contributed by atoms with Gasteiger partial charge in [0, 0.05) is 65.5 Å². The van der Waals surface area contributed by atoms with Gasteiger partial charge in [-0.15, -0.1) is 0 Å². The maximum atomic E-state index is 13.9. The number of rotatable bonds is 4. The number of hydrogen-bond donors (Lipinski definition) is 0. The predicted octanol–water partition coefficient (Wildman–Crippen LogP) is 3.52. The molecule has 11 heteroatoms. The zero-order valence-electron chi connectivity index (χ0n) is 20.5. The summed E-state index contributed by atoms with van der Waals surface area (Å²) in [6.45, 7) is 5.66. The average Bonchev–Trinajstić information content (AvgIpc) is 3.61. The van der Waals surface area contributed by atoms with Crippen LogP contribution in [-0.4, -0.2) is 77.8 Å². The summed E-state index contributed by atoms with van der Waals surface area (Å²) in [5, 5.41) is 4.11. The molecule has 3 fully saturated rings. The smallest absolute Gasteiger partial charge is 0.372 e. The van der Waals surface area contributed by atoms with E-state index in [2.05, 4.69) is 10.00 Å². The van der Waals surface area contributed by atoms with Crippen molar-refractivity contribution < 1.29 is 22.8 Å². The Morgan fingerprint density at radius 3 is 2.36 bits per heavy atom. The van der Waals surface area contributed by atoms with Gasteiger partial charge < -0.3 is 14.7 Å². The van der Waals surface area contributed by atoms with E-state index in [1.165, 1.54) is 35.0 Å². The molecule has 2 amide bonds. The lowest BCUT2D eigenvalue weighted by Gasteiger charge is -2.24. The molecule has 1 aromatic heterocycles. The minimum Gasteiger partial charge on any atom is -0.372 e. The molecule has 0 saturated carbocycles. The van der Waals surface area contributed by atoms with Gasteiger partial charge in [-0.25, -0.2) is 4.79 Å². The van der Waals surface area contributed by atoms with Crippen molar-refractivity contribution in [3.8, 4) is 0 Å². The molecule has 8 nitrogen and oxygen atoms in total. The highest BCUT2D eigenvalue weighted by atomic mass is 19.4. The van der Waals surface area contributed by atoms with E-state index in [-0.39, 0.29) is 30.3 Å². The Balaban J connectivity index is 1.22. The fourth-order valence-electron chi connectivity index (χ4n) is 5.67. The molecular weight excluding hydrogens is 473 g/mol. The van der Waals surface area contributed by atoms with Gasteiger partial charge in [0.25, 0.3) is 0 Å². The first-order valence-corrected chi connectivity index (χ1v) is 12.4. The molecule has 0 spiro atoms. The summed E-state index contributed by atoms with van der Waals surface area (Å²) in [7, 11) is 1.62. The van der Waals surface area contributed by atoms with E-state index in [0.717, 1.165) is 25.9 Å². The lowest BCUT2D eigenvalue weighted by Crippen LogP contribution is -2.36. The van der Waals surface area contributed by atoms with Crippen LogP contribution < -0.4 is 9.80 Å². The van der Waals surface area contributed by atoms with Gasteiger partial charge >= 0.3 is 12.2 Å². The highest BCUT2D eigenvalue weighted by molar-refractivity contribution is 5.91.